The smallest absolute Gasteiger partial charge is 0.355 e. The minimum absolute atomic E-state index is 0.0112. The van der Waals surface area contributed by atoms with Gasteiger partial charge in [-0.05, 0) is 42.8 Å². The number of hydrogen-bond donors (Lipinski definition) is 1. The van der Waals surface area contributed by atoms with Gasteiger partial charge in [-0.15, -0.1) is 0 Å². The van der Waals surface area contributed by atoms with Gasteiger partial charge in [-0.1, -0.05) is 30.3 Å². The molecule has 1 aliphatic rings. The van der Waals surface area contributed by atoms with Crippen molar-refractivity contribution in [3.8, 4) is 11.8 Å². The quantitative estimate of drug-likeness (QED) is 0.566. The fourth-order valence-corrected chi connectivity index (χ4v) is 4.09. The molecule has 3 aromatic rings. The molecule has 9 heteroatoms. The molecule has 0 bridgehead atoms. The predicted octanol–water partition coefficient (Wildman–Crippen LogP) is 3.08. The molecule has 35 heavy (non-hydrogen) atoms. The minimum Gasteiger partial charge on any atom is -0.466 e. The van der Waals surface area contributed by atoms with Crippen molar-refractivity contribution >= 4 is 17.6 Å². The van der Waals surface area contributed by atoms with E-state index >= 15 is 0 Å². The molecule has 0 saturated carbocycles. The minimum atomic E-state index is -0.912. The van der Waals surface area contributed by atoms with E-state index in [1.54, 1.807) is 53.2 Å². The molecule has 0 aliphatic carbocycles. The zero-order valence-electron chi connectivity index (χ0n) is 19.4. The highest BCUT2D eigenvalue weighted by atomic mass is 16.5. The molecular weight excluding hydrogens is 446 g/mol. The lowest BCUT2D eigenvalue weighted by Gasteiger charge is -2.35. The van der Waals surface area contributed by atoms with Crippen molar-refractivity contribution in [1.82, 2.24) is 9.78 Å². The normalized spacial score (nSPS) is 15.6. The Balaban J connectivity index is 1.95. The van der Waals surface area contributed by atoms with E-state index in [4.69, 9.17) is 15.2 Å². The summed E-state index contributed by atoms with van der Waals surface area (Å²) in [6.45, 7) is 1.89. The van der Waals surface area contributed by atoms with E-state index in [0.717, 1.165) is 11.4 Å². The number of hydrogen-bond acceptors (Lipinski definition) is 8. The highest BCUT2D eigenvalue weighted by Crippen LogP contribution is 2.43. The van der Waals surface area contributed by atoms with Crippen molar-refractivity contribution in [2.45, 2.75) is 12.8 Å². The summed E-state index contributed by atoms with van der Waals surface area (Å²) in [5, 5.41) is 14.5. The Morgan fingerprint density at radius 2 is 1.60 bits per heavy atom. The summed E-state index contributed by atoms with van der Waals surface area (Å²) in [7, 11) is 2.42. The Labute approximate surface area is 202 Å². The monoisotopic (exact) mass is 469 g/mol. The zero-order valence-corrected chi connectivity index (χ0v) is 19.4. The summed E-state index contributed by atoms with van der Waals surface area (Å²) >= 11 is 0. The maximum Gasteiger partial charge on any atom is 0.355 e. The number of allylic oxidation sites excluding steroid dienone is 1. The summed E-state index contributed by atoms with van der Waals surface area (Å²) < 4.78 is 11.8. The summed E-state index contributed by atoms with van der Waals surface area (Å²) in [6, 6.07) is 19.9. The Bertz CT molecular complexity index is 1380. The third kappa shape index (κ3) is 4.13. The van der Waals surface area contributed by atoms with E-state index in [2.05, 4.69) is 11.2 Å². The zero-order chi connectivity index (χ0) is 25.1. The second-order valence-electron chi connectivity index (χ2n) is 7.75. The van der Waals surface area contributed by atoms with Crippen LogP contribution in [0.25, 0.3) is 5.69 Å². The van der Waals surface area contributed by atoms with Gasteiger partial charge >= 0.3 is 11.9 Å². The third-order valence-electron chi connectivity index (χ3n) is 5.71. The van der Waals surface area contributed by atoms with Gasteiger partial charge in [0.1, 0.15) is 11.5 Å². The first-order chi connectivity index (χ1) is 16.9. The SMILES string of the molecule is COC(=O)C1=C(C(=O)OC)N(c2ccc(-n3ccc(C)n3)cc2)C(N)=C(C#N)C1c1ccccc1. The molecule has 9 nitrogen and oxygen atoms in total. The van der Waals surface area contributed by atoms with Crippen LogP contribution in [0.5, 0.6) is 0 Å². The molecule has 0 radical (unpaired) electrons. The van der Waals surface area contributed by atoms with Crippen molar-refractivity contribution in [3.05, 3.63) is 101 Å². The number of nitrogens with zero attached hydrogens (tertiary/aromatic N) is 4. The molecule has 2 heterocycles. The molecule has 0 spiro atoms. The van der Waals surface area contributed by atoms with Gasteiger partial charge in [0.15, 0.2) is 0 Å². The second-order valence-corrected chi connectivity index (χ2v) is 7.75. The molecule has 2 N–H and O–H groups in total. The molecule has 1 aliphatic heterocycles. The van der Waals surface area contributed by atoms with Gasteiger partial charge in [0.05, 0.1) is 48.7 Å². The number of ether oxygens (including phenoxy) is 2. The van der Waals surface area contributed by atoms with Crippen molar-refractivity contribution in [2.75, 3.05) is 19.1 Å². The van der Waals surface area contributed by atoms with Crippen molar-refractivity contribution in [1.29, 1.82) is 5.26 Å². The van der Waals surface area contributed by atoms with Gasteiger partial charge < -0.3 is 15.2 Å². The molecule has 4 rings (SSSR count). The fraction of sp³-hybridized carbons (Fsp3) is 0.154. The van der Waals surface area contributed by atoms with E-state index < -0.39 is 17.9 Å². The number of anilines is 1. The largest absolute Gasteiger partial charge is 0.466 e. The third-order valence-corrected chi connectivity index (χ3v) is 5.71. The van der Waals surface area contributed by atoms with Crippen molar-refractivity contribution in [3.63, 3.8) is 0 Å². The lowest BCUT2D eigenvalue weighted by atomic mass is 9.81. The molecule has 1 aromatic heterocycles. The van der Waals surface area contributed by atoms with Crippen LogP contribution in [0.1, 0.15) is 17.2 Å². The fourth-order valence-electron chi connectivity index (χ4n) is 4.09. The maximum atomic E-state index is 13.1. The summed E-state index contributed by atoms with van der Waals surface area (Å²) in [5.41, 5.74) is 9.16. The van der Waals surface area contributed by atoms with Gasteiger partial charge in [-0.2, -0.15) is 10.4 Å². The van der Waals surface area contributed by atoms with Crippen LogP contribution in [0.15, 0.2) is 89.5 Å². The van der Waals surface area contributed by atoms with Crippen LogP contribution >= 0.6 is 0 Å². The first kappa shape index (κ1) is 23.3. The van der Waals surface area contributed by atoms with Gasteiger partial charge in [-0.3, -0.25) is 4.90 Å². The highest BCUT2D eigenvalue weighted by molar-refractivity contribution is 6.06. The van der Waals surface area contributed by atoms with E-state index in [1.807, 2.05) is 25.3 Å². The number of aryl methyl sites for hydroxylation is 1. The average Bonchev–Trinajstić information content (AvgIpc) is 3.33. The van der Waals surface area contributed by atoms with E-state index in [-0.39, 0.29) is 22.7 Å². The molecule has 0 saturated heterocycles. The Hall–Kier alpha value is -4.84. The average molecular weight is 470 g/mol. The van der Waals surface area contributed by atoms with Gasteiger partial charge in [0.25, 0.3) is 0 Å². The van der Waals surface area contributed by atoms with Crippen molar-refractivity contribution in [2.24, 2.45) is 5.73 Å². The first-order valence-corrected chi connectivity index (χ1v) is 10.7. The lowest BCUT2D eigenvalue weighted by molar-refractivity contribution is -0.139. The van der Waals surface area contributed by atoms with Crippen LogP contribution in [0, 0.1) is 18.3 Å². The van der Waals surface area contributed by atoms with Gasteiger partial charge in [0.2, 0.25) is 0 Å². The highest BCUT2D eigenvalue weighted by Gasteiger charge is 2.42. The number of aromatic nitrogens is 2. The lowest BCUT2D eigenvalue weighted by Crippen LogP contribution is -2.40. The number of esters is 2. The van der Waals surface area contributed by atoms with Gasteiger partial charge in [-0.25, -0.2) is 14.3 Å². The van der Waals surface area contributed by atoms with Crippen LogP contribution < -0.4 is 10.6 Å². The van der Waals surface area contributed by atoms with E-state index in [9.17, 15) is 14.9 Å². The van der Waals surface area contributed by atoms with Crippen molar-refractivity contribution < 1.29 is 19.1 Å². The standard InChI is InChI=1S/C26H23N5O4/c1-16-13-14-30(29-16)18-9-11-19(12-10-18)31-23(26(33)35-3)22(25(32)34-2)21(20(15-27)24(31)28)17-7-5-4-6-8-17/h4-14,21H,28H2,1-3H3. The first-order valence-electron chi connectivity index (χ1n) is 10.7. The molecule has 0 fully saturated rings. The van der Waals surface area contributed by atoms with E-state index in [1.165, 1.54) is 19.1 Å². The van der Waals surface area contributed by atoms with Crippen LogP contribution in [-0.2, 0) is 19.1 Å². The number of nitrogens with two attached hydrogens (primary N) is 1. The Morgan fingerprint density at radius 1 is 0.971 bits per heavy atom. The topological polar surface area (TPSA) is 123 Å². The maximum absolute atomic E-state index is 13.1. The molecule has 0 amide bonds. The van der Waals surface area contributed by atoms with Crippen LogP contribution in [0.3, 0.4) is 0 Å². The van der Waals surface area contributed by atoms with Crippen LogP contribution in [-0.4, -0.2) is 35.9 Å². The molecule has 2 aromatic carbocycles. The molecule has 176 valence electrons. The number of methoxy groups -OCH3 is 2. The number of carbonyl (C=O) groups is 2. The summed E-state index contributed by atoms with van der Waals surface area (Å²) in [4.78, 5) is 27.5. The molecule has 1 unspecified atom stereocenters. The summed E-state index contributed by atoms with van der Waals surface area (Å²) in [5.74, 6) is -2.46. The number of nitriles is 1. The molecular formula is C26H23N5O4. The van der Waals surface area contributed by atoms with Crippen LogP contribution in [0.4, 0.5) is 5.69 Å². The molecule has 1 atom stereocenters. The predicted molar refractivity (Wildman–Crippen MR) is 128 cm³/mol. The number of carbonyl (C=O) groups excluding carboxylic acids is 2. The van der Waals surface area contributed by atoms with E-state index in [0.29, 0.717) is 11.3 Å². The van der Waals surface area contributed by atoms with Gasteiger partial charge in [0, 0.05) is 11.9 Å². The van der Waals surface area contributed by atoms with Crippen LogP contribution in [0.2, 0.25) is 0 Å². The Kier molecular flexibility index (Phi) is 6.38. The second kappa shape index (κ2) is 9.57. The number of rotatable bonds is 5. The Morgan fingerprint density at radius 3 is 2.14 bits per heavy atom. The summed E-state index contributed by atoms with van der Waals surface area (Å²) in [6.07, 6.45) is 1.83. The number of benzene rings is 2.